The van der Waals surface area contributed by atoms with Gasteiger partial charge in [0.05, 0.1) is 0 Å². The molecule has 0 bridgehead atoms. The highest BCUT2D eigenvalue weighted by atomic mass is 16.1. The molecule has 0 aliphatic rings. The number of nitrogens with one attached hydrogen (secondary N) is 2. The quantitative estimate of drug-likeness (QED) is 0.583. The predicted molar refractivity (Wildman–Crippen MR) is 78.4 cm³/mol. The van der Waals surface area contributed by atoms with Crippen molar-refractivity contribution in [2.45, 2.75) is 20.3 Å². The molecule has 0 aliphatic carbocycles. The Morgan fingerprint density at radius 3 is 2.80 bits per heavy atom. The minimum Gasteiger partial charge on any atom is -0.322 e. The molecular formula is C14H17N5O. The average Bonchev–Trinajstić information content (AvgIpc) is 2.46. The number of nitrogens with two attached hydrogens (primary N) is 1. The van der Waals surface area contributed by atoms with E-state index in [0.717, 1.165) is 17.8 Å². The van der Waals surface area contributed by atoms with E-state index in [2.05, 4.69) is 20.7 Å². The number of hydrogen-bond donors (Lipinski definition) is 3. The average molecular weight is 271 g/mol. The van der Waals surface area contributed by atoms with Crippen LogP contribution >= 0.6 is 0 Å². The summed E-state index contributed by atoms with van der Waals surface area (Å²) in [6, 6.07) is 6.92. The zero-order valence-electron chi connectivity index (χ0n) is 11.5. The highest BCUT2D eigenvalue weighted by molar-refractivity contribution is 6.04. The molecule has 2 rings (SSSR count). The van der Waals surface area contributed by atoms with Crippen LogP contribution in [0.4, 0.5) is 11.5 Å². The Bertz CT molecular complexity index is 604. The van der Waals surface area contributed by atoms with Gasteiger partial charge in [0.25, 0.3) is 5.91 Å². The monoisotopic (exact) mass is 271 g/mol. The Hall–Kier alpha value is -2.47. The van der Waals surface area contributed by atoms with Crippen molar-refractivity contribution in [3.8, 4) is 0 Å². The first-order valence-corrected chi connectivity index (χ1v) is 6.34. The molecule has 0 fully saturated rings. The van der Waals surface area contributed by atoms with E-state index in [1.165, 1.54) is 0 Å². The van der Waals surface area contributed by atoms with Crippen LogP contribution in [0.15, 0.2) is 30.5 Å². The van der Waals surface area contributed by atoms with Gasteiger partial charge in [-0.25, -0.2) is 10.8 Å². The molecule has 4 N–H and O–H groups in total. The van der Waals surface area contributed by atoms with Gasteiger partial charge in [0.15, 0.2) is 0 Å². The molecule has 0 atom stereocenters. The molecule has 1 amide bonds. The number of pyridine rings is 2. The molecule has 2 heterocycles. The second-order valence-corrected chi connectivity index (χ2v) is 4.37. The third kappa shape index (κ3) is 3.30. The highest BCUT2D eigenvalue weighted by Gasteiger charge is 2.09. The van der Waals surface area contributed by atoms with E-state index < -0.39 is 0 Å². The number of carbonyl (C=O) groups excluding carboxylic acids is 1. The first-order chi connectivity index (χ1) is 9.62. The molecule has 0 saturated carbocycles. The Balaban J connectivity index is 2.24. The van der Waals surface area contributed by atoms with Crippen molar-refractivity contribution < 1.29 is 4.79 Å². The van der Waals surface area contributed by atoms with Gasteiger partial charge in [-0.05, 0) is 37.6 Å². The van der Waals surface area contributed by atoms with Crippen LogP contribution in [0.2, 0.25) is 0 Å². The summed E-state index contributed by atoms with van der Waals surface area (Å²) in [4.78, 5) is 20.6. The molecule has 2 aromatic rings. The van der Waals surface area contributed by atoms with E-state index >= 15 is 0 Å². The largest absolute Gasteiger partial charge is 0.322 e. The van der Waals surface area contributed by atoms with Gasteiger partial charge in [0, 0.05) is 28.8 Å². The maximum absolute atomic E-state index is 12.2. The van der Waals surface area contributed by atoms with E-state index in [1.807, 2.05) is 19.9 Å². The molecule has 0 spiro atoms. The molecule has 0 unspecified atom stereocenters. The van der Waals surface area contributed by atoms with Crippen molar-refractivity contribution in [1.29, 1.82) is 0 Å². The van der Waals surface area contributed by atoms with Crippen LogP contribution in [0.1, 0.15) is 28.7 Å². The number of anilines is 2. The lowest BCUT2D eigenvalue weighted by atomic mass is 10.1. The molecule has 6 nitrogen and oxygen atoms in total. The van der Waals surface area contributed by atoms with Crippen molar-refractivity contribution >= 4 is 17.4 Å². The zero-order valence-corrected chi connectivity index (χ0v) is 11.5. The molecule has 0 saturated heterocycles. The summed E-state index contributed by atoms with van der Waals surface area (Å²) >= 11 is 0. The first kappa shape index (κ1) is 14.0. The van der Waals surface area contributed by atoms with E-state index in [0.29, 0.717) is 17.1 Å². The highest BCUT2D eigenvalue weighted by Crippen LogP contribution is 2.14. The molecule has 20 heavy (non-hydrogen) atoms. The lowest BCUT2D eigenvalue weighted by Gasteiger charge is -2.09. The zero-order chi connectivity index (χ0) is 14.5. The first-order valence-electron chi connectivity index (χ1n) is 6.34. The summed E-state index contributed by atoms with van der Waals surface area (Å²) in [5.41, 5.74) is 5.34. The standard InChI is InChI=1S/C14H17N5O/c1-3-11-7-10(8-13(17-11)19-15)14(20)18-12-4-5-16-9(2)6-12/h4-8H,3,15H2,1-2H3,(H,17,19)(H,16,18,20). The fourth-order valence-corrected chi connectivity index (χ4v) is 1.80. The van der Waals surface area contributed by atoms with E-state index in [9.17, 15) is 4.79 Å². The lowest BCUT2D eigenvalue weighted by Crippen LogP contribution is -2.15. The number of carbonyl (C=O) groups is 1. The summed E-state index contributed by atoms with van der Waals surface area (Å²) < 4.78 is 0. The summed E-state index contributed by atoms with van der Waals surface area (Å²) in [5.74, 6) is 5.63. The van der Waals surface area contributed by atoms with Gasteiger partial charge in [-0.15, -0.1) is 0 Å². The second-order valence-electron chi connectivity index (χ2n) is 4.37. The maximum Gasteiger partial charge on any atom is 0.255 e. The number of aromatic nitrogens is 2. The van der Waals surface area contributed by atoms with Crippen molar-refractivity contribution in [2.24, 2.45) is 5.84 Å². The van der Waals surface area contributed by atoms with Gasteiger partial charge >= 0.3 is 0 Å². The van der Waals surface area contributed by atoms with Crippen LogP contribution in [0, 0.1) is 6.92 Å². The van der Waals surface area contributed by atoms with Crippen molar-refractivity contribution in [3.05, 3.63) is 47.4 Å². The Morgan fingerprint density at radius 1 is 1.35 bits per heavy atom. The van der Waals surface area contributed by atoms with E-state index in [1.54, 1.807) is 24.4 Å². The SMILES string of the molecule is CCc1cc(C(=O)Nc2ccnc(C)c2)cc(NN)n1. The van der Waals surface area contributed by atoms with E-state index in [4.69, 9.17) is 5.84 Å². The number of hydrogen-bond acceptors (Lipinski definition) is 5. The number of hydrazine groups is 1. The van der Waals surface area contributed by atoms with Crippen LogP contribution in [-0.4, -0.2) is 15.9 Å². The lowest BCUT2D eigenvalue weighted by molar-refractivity contribution is 0.102. The maximum atomic E-state index is 12.2. The number of rotatable bonds is 4. The number of aryl methyl sites for hydroxylation is 2. The Kier molecular flexibility index (Phi) is 4.27. The number of nitrogen functional groups attached to an aromatic ring is 1. The fraction of sp³-hybridized carbons (Fsp3) is 0.214. The summed E-state index contributed by atoms with van der Waals surface area (Å²) in [7, 11) is 0. The van der Waals surface area contributed by atoms with Gasteiger partial charge in [-0.1, -0.05) is 6.92 Å². The topological polar surface area (TPSA) is 92.9 Å². The Labute approximate surface area is 117 Å². The second kappa shape index (κ2) is 6.12. The minimum absolute atomic E-state index is 0.204. The van der Waals surface area contributed by atoms with Crippen LogP contribution in [0.3, 0.4) is 0 Å². The smallest absolute Gasteiger partial charge is 0.255 e. The Morgan fingerprint density at radius 2 is 2.15 bits per heavy atom. The van der Waals surface area contributed by atoms with Crippen LogP contribution in [-0.2, 0) is 6.42 Å². The molecule has 104 valence electrons. The van der Waals surface area contributed by atoms with Crippen LogP contribution in [0.25, 0.3) is 0 Å². The third-order valence-corrected chi connectivity index (χ3v) is 2.81. The minimum atomic E-state index is -0.204. The normalized spacial score (nSPS) is 10.2. The van der Waals surface area contributed by atoms with Gasteiger partial charge in [0.1, 0.15) is 5.82 Å². The molecular weight excluding hydrogens is 254 g/mol. The van der Waals surface area contributed by atoms with Crippen molar-refractivity contribution in [3.63, 3.8) is 0 Å². The number of amides is 1. The fourth-order valence-electron chi connectivity index (χ4n) is 1.80. The number of nitrogens with zero attached hydrogens (tertiary/aromatic N) is 2. The summed E-state index contributed by atoms with van der Waals surface area (Å²) in [6.07, 6.45) is 2.38. The van der Waals surface area contributed by atoms with Gasteiger partial charge < -0.3 is 10.7 Å². The molecule has 6 heteroatoms. The molecule has 2 aromatic heterocycles. The van der Waals surface area contributed by atoms with Gasteiger partial charge in [-0.3, -0.25) is 9.78 Å². The molecule has 0 aliphatic heterocycles. The predicted octanol–water partition coefficient (Wildman–Crippen LogP) is 1.89. The summed E-state index contributed by atoms with van der Waals surface area (Å²) in [6.45, 7) is 3.84. The van der Waals surface area contributed by atoms with Crippen molar-refractivity contribution in [2.75, 3.05) is 10.7 Å². The third-order valence-electron chi connectivity index (χ3n) is 2.81. The molecule has 0 aromatic carbocycles. The molecule has 0 radical (unpaired) electrons. The van der Waals surface area contributed by atoms with Crippen LogP contribution in [0.5, 0.6) is 0 Å². The van der Waals surface area contributed by atoms with E-state index in [-0.39, 0.29) is 5.91 Å². The van der Waals surface area contributed by atoms with Crippen LogP contribution < -0.4 is 16.6 Å². The van der Waals surface area contributed by atoms with Gasteiger partial charge in [0.2, 0.25) is 0 Å². The van der Waals surface area contributed by atoms with Crippen molar-refractivity contribution in [1.82, 2.24) is 9.97 Å². The summed E-state index contributed by atoms with van der Waals surface area (Å²) in [5, 5.41) is 2.83. The van der Waals surface area contributed by atoms with Gasteiger partial charge in [-0.2, -0.15) is 0 Å².